The lowest BCUT2D eigenvalue weighted by Crippen LogP contribution is -2.38. The van der Waals surface area contributed by atoms with Crippen molar-refractivity contribution in [3.8, 4) is 0 Å². The number of nitro groups is 1. The lowest BCUT2D eigenvalue weighted by atomic mass is 10.1. The average Bonchev–Trinajstić information content (AvgIpc) is 2.38. The molecule has 114 valence electrons. The second-order valence-electron chi connectivity index (χ2n) is 4.66. The molecule has 0 aromatic heterocycles. The highest BCUT2D eigenvalue weighted by Gasteiger charge is 2.23. The molecular formula is C13H15FN2O5. The first-order valence-corrected chi connectivity index (χ1v) is 6.20. The molecule has 21 heavy (non-hydrogen) atoms. The predicted molar refractivity (Wildman–Crippen MR) is 71.5 cm³/mol. The summed E-state index contributed by atoms with van der Waals surface area (Å²) >= 11 is 0. The van der Waals surface area contributed by atoms with E-state index in [0.29, 0.717) is 0 Å². The van der Waals surface area contributed by atoms with Crippen molar-refractivity contribution in [1.82, 2.24) is 4.90 Å². The number of hydrogen-bond donors (Lipinski definition) is 1. The monoisotopic (exact) mass is 298 g/mol. The number of hydrogen-bond acceptors (Lipinski definition) is 4. The topological polar surface area (TPSA) is 101 Å². The van der Waals surface area contributed by atoms with E-state index < -0.39 is 28.3 Å². The van der Waals surface area contributed by atoms with E-state index >= 15 is 0 Å². The molecule has 0 saturated carbocycles. The third-order valence-electron chi connectivity index (χ3n) is 2.84. The molecule has 1 N–H and O–H groups in total. The quantitative estimate of drug-likeness (QED) is 0.640. The molecule has 1 rings (SSSR count). The Balaban J connectivity index is 3.06. The van der Waals surface area contributed by atoms with Gasteiger partial charge in [-0.15, -0.1) is 0 Å². The number of nitro benzene ring substituents is 1. The maximum atomic E-state index is 13.3. The number of carboxylic acids is 1. The van der Waals surface area contributed by atoms with Gasteiger partial charge in [0.15, 0.2) is 0 Å². The number of halogens is 1. The third kappa shape index (κ3) is 4.23. The van der Waals surface area contributed by atoms with Gasteiger partial charge in [-0.2, -0.15) is 4.39 Å². The molecule has 7 nitrogen and oxygen atoms in total. The molecule has 0 radical (unpaired) electrons. The van der Waals surface area contributed by atoms with Crippen molar-refractivity contribution < 1.29 is 24.0 Å². The van der Waals surface area contributed by atoms with Gasteiger partial charge < -0.3 is 10.0 Å². The van der Waals surface area contributed by atoms with Gasteiger partial charge in [0.05, 0.1) is 11.3 Å². The van der Waals surface area contributed by atoms with Crippen molar-refractivity contribution in [3.63, 3.8) is 0 Å². The first-order chi connectivity index (χ1) is 9.73. The normalized spacial score (nSPS) is 10.5. The van der Waals surface area contributed by atoms with Crippen molar-refractivity contribution in [2.75, 3.05) is 6.54 Å². The van der Waals surface area contributed by atoms with E-state index in [9.17, 15) is 24.1 Å². The number of nitrogens with zero attached hydrogens (tertiary/aromatic N) is 2. The predicted octanol–water partition coefficient (Wildman–Crippen LogP) is 2.06. The van der Waals surface area contributed by atoms with Crippen molar-refractivity contribution in [2.24, 2.45) is 0 Å². The summed E-state index contributed by atoms with van der Waals surface area (Å²) in [5.74, 6) is -2.66. The second kappa shape index (κ2) is 6.78. The van der Waals surface area contributed by atoms with Crippen LogP contribution in [0.5, 0.6) is 0 Å². The zero-order valence-electron chi connectivity index (χ0n) is 11.6. The molecule has 0 bridgehead atoms. The molecule has 0 spiro atoms. The summed E-state index contributed by atoms with van der Waals surface area (Å²) in [7, 11) is 0. The molecular weight excluding hydrogens is 283 g/mol. The van der Waals surface area contributed by atoms with Crippen LogP contribution in [0.15, 0.2) is 18.2 Å². The molecule has 0 fully saturated rings. The maximum absolute atomic E-state index is 13.3. The third-order valence-corrected chi connectivity index (χ3v) is 2.84. The van der Waals surface area contributed by atoms with E-state index in [1.54, 1.807) is 13.8 Å². The number of benzene rings is 1. The van der Waals surface area contributed by atoms with Gasteiger partial charge in [-0.25, -0.2) is 0 Å². The summed E-state index contributed by atoms with van der Waals surface area (Å²) in [5.41, 5.74) is -0.843. The van der Waals surface area contributed by atoms with Crippen LogP contribution in [0.1, 0.15) is 30.6 Å². The zero-order chi connectivity index (χ0) is 16.2. The molecule has 0 unspecified atom stereocenters. The molecule has 0 heterocycles. The van der Waals surface area contributed by atoms with Crippen LogP contribution in [0.2, 0.25) is 0 Å². The molecule has 1 aromatic rings. The Morgan fingerprint density at radius 1 is 1.43 bits per heavy atom. The number of carboxylic acid groups (broad SMARTS) is 1. The molecule has 1 amide bonds. The number of rotatable bonds is 6. The van der Waals surface area contributed by atoms with Gasteiger partial charge in [-0.05, 0) is 26.0 Å². The van der Waals surface area contributed by atoms with Gasteiger partial charge in [0, 0.05) is 24.2 Å². The summed E-state index contributed by atoms with van der Waals surface area (Å²) < 4.78 is 13.3. The number of carbonyl (C=O) groups excluding carboxylic acids is 1. The summed E-state index contributed by atoms with van der Waals surface area (Å²) in [4.78, 5) is 33.9. The van der Waals surface area contributed by atoms with E-state index in [1.807, 2.05) is 0 Å². The number of carbonyl (C=O) groups is 2. The lowest BCUT2D eigenvalue weighted by molar-refractivity contribution is -0.387. The average molecular weight is 298 g/mol. The standard InChI is InChI=1S/C13H15FN2O5/c1-8(2)15(6-5-12(17)18)13(19)9-3-4-10(14)11(7-9)16(20)21/h3-4,7-8H,5-6H2,1-2H3,(H,17,18). The van der Waals surface area contributed by atoms with Crippen LogP contribution in [0.4, 0.5) is 10.1 Å². The highest BCUT2D eigenvalue weighted by molar-refractivity contribution is 5.95. The number of amides is 1. The Hall–Kier alpha value is -2.51. The Bertz CT molecular complexity index is 574. The van der Waals surface area contributed by atoms with Crippen LogP contribution in [-0.2, 0) is 4.79 Å². The fraction of sp³-hybridized carbons (Fsp3) is 0.385. The van der Waals surface area contributed by atoms with Gasteiger partial charge in [0.25, 0.3) is 5.91 Å². The molecule has 0 aliphatic heterocycles. The van der Waals surface area contributed by atoms with E-state index in [-0.39, 0.29) is 24.6 Å². The molecule has 1 aromatic carbocycles. The molecule has 0 aliphatic carbocycles. The fourth-order valence-corrected chi connectivity index (χ4v) is 1.76. The summed E-state index contributed by atoms with van der Waals surface area (Å²) in [5, 5.41) is 19.4. The van der Waals surface area contributed by atoms with Gasteiger partial charge in [0.2, 0.25) is 5.82 Å². The lowest BCUT2D eigenvalue weighted by Gasteiger charge is -2.26. The van der Waals surface area contributed by atoms with Crippen LogP contribution < -0.4 is 0 Å². The summed E-state index contributed by atoms with van der Waals surface area (Å²) in [6, 6.07) is 2.55. The first kappa shape index (κ1) is 16.5. The Morgan fingerprint density at radius 3 is 2.52 bits per heavy atom. The van der Waals surface area contributed by atoms with E-state index in [2.05, 4.69) is 0 Å². The Labute approximate surface area is 120 Å². The molecule has 8 heteroatoms. The number of aliphatic carboxylic acids is 1. The van der Waals surface area contributed by atoms with E-state index in [1.165, 1.54) is 4.90 Å². The van der Waals surface area contributed by atoms with Crippen molar-refractivity contribution in [3.05, 3.63) is 39.7 Å². The SMILES string of the molecule is CC(C)N(CCC(=O)O)C(=O)c1ccc(F)c([N+](=O)[O-])c1. The van der Waals surface area contributed by atoms with Crippen molar-refractivity contribution >= 4 is 17.6 Å². The second-order valence-corrected chi connectivity index (χ2v) is 4.66. The van der Waals surface area contributed by atoms with Gasteiger partial charge in [-0.1, -0.05) is 0 Å². The van der Waals surface area contributed by atoms with E-state index in [4.69, 9.17) is 5.11 Å². The highest BCUT2D eigenvalue weighted by atomic mass is 19.1. The largest absolute Gasteiger partial charge is 0.481 e. The minimum Gasteiger partial charge on any atom is -0.481 e. The molecule has 0 aliphatic rings. The van der Waals surface area contributed by atoms with Crippen LogP contribution >= 0.6 is 0 Å². The molecule has 0 saturated heterocycles. The molecule has 0 atom stereocenters. The van der Waals surface area contributed by atoms with Gasteiger partial charge in [-0.3, -0.25) is 19.7 Å². The summed E-state index contributed by atoms with van der Waals surface area (Å²) in [6.45, 7) is 3.35. The maximum Gasteiger partial charge on any atom is 0.305 e. The van der Waals surface area contributed by atoms with Crippen LogP contribution in [0.3, 0.4) is 0 Å². The Kier molecular flexibility index (Phi) is 5.34. The van der Waals surface area contributed by atoms with Crippen molar-refractivity contribution in [2.45, 2.75) is 26.3 Å². The van der Waals surface area contributed by atoms with Crippen LogP contribution in [0.25, 0.3) is 0 Å². The minimum atomic E-state index is -1.06. The van der Waals surface area contributed by atoms with Crippen LogP contribution in [-0.4, -0.2) is 39.4 Å². The van der Waals surface area contributed by atoms with Crippen molar-refractivity contribution in [1.29, 1.82) is 0 Å². The highest BCUT2D eigenvalue weighted by Crippen LogP contribution is 2.20. The smallest absolute Gasteiger partial charge is 0.305 e. The first-order valence-electron chi connectivity index (χ1n) is 6.20. The Morgan fingerprint density at radius 2 is 2.05 bits per heavy atom. The minimum absolute atomic E-state index is 0.0307. The van der Waals surface area contributed by atoms with E-state index in [0.717, 1.165) is 18.2 Å². The van der Waals surface area contributed by atoms with Crippen LogP contribution in [0, 0.1) is 15.9 Å². The summed E-state index contributed by atoms with van der Waals surface area (Å²) in [6.07, 6.45) is -0.243. The van der Waals surface area contributed by atoms with Gasteiger partial charge >= 0.3 is 11.7 Å². The fourth-order valence-electron chi connectivity index (χ4n) is 1.76. The van der Waals surface area contributed by atoms with Gasteiger partial charge in [0.1, 0.15) is 0 Å². The zero-order valence-corrected chi connectivity index (χ0v) is 11.6.